The Morgan fingerprint density at radius 2 is 1.76 bits per heavy atom. The number of carbonyl (C=O) groups is 1. The van der Waals surface area contributed by atoms with Gasteiger partial charge in [-0.2, -0.15) is 0 Å². The smallest absolute Gasteiger partial charge is 0.241 e. The lowest BCUT2D eigenvalue weighted by Crippen LogP contribution is -2.53. The fourth-order valence-corrected chi connectivity index (χ4v) is 6.61. The van der Waals surface area contributed by atoms with Crippen LogP contribution in [0.2, 0.25) is 0 Å². The lowest BCUT2D eigenvalue weighted by atomic mass is 9.86. The maximum atomic E-state index is 13.3. The first-order valence-electron chi connectivity index (χ1n) is 14.1. The number of aliphatic hydroxyl groups excluding tert-OH is 1. The second-order valence-corrected chi connectivity index (χ2v) is 13.0. The van der Waals surface area contributed by atoms with Gasteiger partial charge < -0.3 is 14.7 Å². The van der Waals surface area contributed by atoms with Crippen LogP contribution in [-0.2, 0) is 34.2 Å². The number of aryl methyl sites for hydroxylation is 1. The number of fused-ring (bicyclic) bond motifs is 1. The molecule has 0 aliphatic carbocycles. The molecular formula is C31H38N4O5S. The van der Waals surface area contributed by atoms with Crippen LogP contribution in [0.4, 0.5) is 0 Å². The molecule has 1 amide bonds. The van der Waals surface area contributed by atoms with Crippen molar-refractivity contribution in [2.45, 2.75) is 62.8 Å². The van der Waals surface area contributed by atoms with Crippen LogP contribution in [0.1, 0.15) is 49.2 Å². The second-order valence-electron chi connectivity index (χ2n) is 11.3. The van der Waals surface area contributed by atoms with E-state index in [2.05, 4.69) is 14.6 Å². The number of ether oxygens (including phenoxy) is 1. The molecule has 3 heterocycles. The van der Waals surface area contributed by atoms with E-state index in [9.17, 15) is 18.3 Å². The van der Waals surface area contributed by atoms with E-state index in [1.165, 1.54) is 0 Å². The SMILES string of the molecule is CCc1ccc(S(=O)(=O)NC2c3cc(CC(=O)N4CCN(Cc5ccccn5)CC4)ccc3OC(C)(C)C2O)cc1. The minimum atomic E-state index is -3.94. The van der Waals surface area contributed by atoms with Crippen molar-refractivity contribution in [3.05, 3.63) is 89.2 Å². The lowest BCUT2D eigenvalue weighted by molar-refractivity contribution is -0.132. The molecule has 2 N–H and O–H groups in total. The average Bonchev–Trinajstić information content (AvgIpc) is 2.96. The number of sulfonamides is 1. The van der Waals surface area contributed by atoms with E-state index in [0.29, 0.717) is 24.4 Å². The molecule has 2 atom stereocenters. The molecule has 0 saturated carbocycles. The fraction of sp³-hybridized carbons (Fsp3) is 0.419. The summed E-state index contributed by atoms with van der Waals surface area (Å²) in [5.41, 5.74) is 2.26. The standard InChI is InChI=1S/C31H38N4O5S/c1-4-22-8-11-25(12-9-22)41(38,39)33-29-26-19-23(10-13-27(26)40-31(2,3)30(29)37)20-28(36)35-17-15-34(16-18-35)21-24-7-5-6-14-32-24/h5-14,19,29-30,33,37H,4,15-18,20-21H2,1-3H3. The van der Waals surface area contributed by atoms with Gasteiger partial charge in [0.25, 0.3) is 0 Å². The van der Waals surface area contributed by atoms with Gasteiger partial charge in [-0.1, -0.05) is 31.2 Å². The van der Waals surface area contributed by atoms with Crippen LogP contribution in [0.15, 0.2) is 71.8 Å². The number of nitrogens with one attached hydrogen (secondary N) is 1. The van der Waals surface area contributed by atoms with Crippen LogP contribution in [0.3, 0.4) is 0 Å². The zero-order valence-electron chi connectivity index (χ0n) is 23.8. The lowest BCUT2D eigenvalue weighted by Gasteiger charge is -2.42. The van der Waals surface area contributed by atoms with E-state index in [-0.39, 0.29) is 17.2 Å². The van der Waals surface area contributed by atoms with Gasteiger partial charge in [0.1, 0.15) is 17.5 Å². The topological polar surface area (TPSA) is 112 Å². The number of rotatable bonds is 8. The van der Waals surface area contributed by atoms with Gasteiger partial charge in [0.15, 0.2) is 0 Å². The highest BCUT2D eigenvalue weighted by atomic mass is 32.2. The number of benzene rings is 2. The van der Waals surface area contributed by atoms with Crippen molar-refractivity contribution < 1.29 is 23.1 Å². The molecule has 2 aromatic carbocycles. The molecule has 2 aliphatic rings. The normalized spacial score (nSPS) is 20.7. The summed E-state index contributed by atoms with van der Waals surface area (Å²) in [7, 11) is -3.94. The Morgan fingerprint density at radius 1 is 1.05 bits per heavy atom. The predicted octanol–water partition coefficient (Wildman–Crippen LogP) is 3.08. The summed E-state index contributed by atoms with van der Waals surface area (Å²) < 4.78 is 35.5. The van der Waals surface area contributed by atoms with Crippen molar-refractivity contribution in [1.82, 2.24) is 19.5 Å². The van der Waals surface area contributed by atoms with Crippen LogP contribution >= 0.6 is 0 Å². The molecule has 0 radical (unpaired) electrons. The molecule has 0 spiro atoms. The predicted molar refractivity (Wildman–Crippen MR) is 156 cm³/mol. The Bertz CT molecular complexity index is 1470. The van der Waals surface area contributed by atoms with Crippen molar-refractivity contribution in [2.24, 2.45) is 0 Å². The number of amides is 1. The summed E-state index contributed by atoms with van der Waals surface area (Å²) in [6.45, 7) is 9.01. The number of hydrogen-bond acceptors (Lipinski definition) is 7. The molecule has 3 aromatic rings. The van der Waals surface area contributed by atoms with Gasteiger partial charge in [-0.15, -0.1) is 0 Å². The zero-order valence-corrected chi connectivity index (χ0v) is 24.6. The number of aromatic nitrogens is 1. The number of pyridine rings is 1. The van der Waals surface area contributed by atoms with E-state index in [4.69, 9.17) is 4.74 Å². The Kier molecular flexibility index (Phi) is 8.47. The van der Waals surface area contributed by atoms with Crippen molar-refractivity contribution in [3.8, 4) is 5.75 Å². The van der Waals surface area contributed by atoms with Crippen LogP contribution < -0.4 is 9.46 Å². The largest absolute Gasteiger partial charge is 0.485 e. The number of piperazine rings is 1. The number of hydrogen-bond donors (Lipinski definition) is 2. The van der Waals surface area contributed by atoms with Crippen LogP contribution in [-0.4, -0.2) is 72.1 Å². The quantitative estimate of drug-likeness (QED) is 0.423. The molecule has 9 nitrogen and oxygen atoms in total. The van der Waals surface area contributed by atoms with E-state index in [1.54, 1.807) is 56.4 Å². The Labute approximate surface area is 242 Å². The summed E-state index contributed by atoms with van der Waals surface area (Å²) in [4.78, 5) is 21.9. The maximum absolute atomic E-state index is 13.3. The monoisotopic (exact) mass is 578 g/mol. The fourth-order valence-electron chi connectivity index (χ4n) is 5.39. The zero-order chi connectivity index (χ0) is 29.2. The summed E-state index contributed by atoms with van der Waals surface area (Å²) in [6.07, 6.45) is 1.61. The number of carbonyl (C=O) groups excluding carboxylic acids is 1. The molecule has 1 fully saturated rings. The van der Waals surface area contributed by atoms with Crippen molar-refractivity contribution in [2.75, 3.05) is 26.2 Å². The van der Waals surface area contributed by atoms with Gasteiger partial charge in [-0.05, 0) is 67.8 Å². The summed E-state index contributed by atoms with van der Waals surface area (Å²) in [6, 6.07) is 17.0. The van der Waals surface area contributed by atoms with Crippen molar-refractivity contribution >= 4 is 15.9 Å². The molecule has 5 rings (SSSR count). The van der Waals surface area contributed by atoms with Gasteiger partial charge in [-0.3, -0.25) is 14.7 Å². The molecule has 2 unspecified atom stereocenters. The Morgan fingerprint density at radius 3 is 2.41 bits per heavy atom. The Hall–Kier alpha value is -3.31. The third-order valence-electron chi connectivity index (χ3n) is 7.93. The summed E-state index contributed by atoms with van der Waals surface area (Å²) >= 11 is 0. The van der Waals surface area contributed by atoms with Gasteiger partial charge >= 0.3 is 0 Å². The van der Waals surface area contributed by atoms with Crippen LogP contribution in [0, 0.1) is 0 Å². The minimum Gasteiger partial charge on any atom is -0.485 e. The molecule has 41 heavy (non-hydrogen) atoms. The molecule has 2 aliphatic heterocycles. The van der Waals surface area contributed by atoms with Gasteiger partial charge in [0.2, 0.25) is 15.9 Å². The minimum absolute atomic E-state index is 0.00758. The van der Waals surface area contributed by atoms with E-state index >= 15 is 0 Å². The first-order chi connectivity index (χ1) is 19.6. The van der Waals surface area contributed by atoms with E-state index < -0.39 is 27.8 Å². The Balaban J connectivity index is 1.30. The van der Waals surface area contributed by atoms with E-state index in [1.807, 2.05) is 36.1 Å². The summed E-state index contributed by atoms with van der Waals surface area (Å²) in [5, 5.41) is 11.2. The van der Waals surface area contributed by atoms with Crippen LogP contribution in [0.5, 0.6) is 5.75 Å². The highest BCUT2D eigenvalue weighted by molar-refractivity contribution is 7.89. The van der Waals surface area contributed by atoms with Gasteiger partial charge in [0, 0.05) is 44.5 Å². The first-order valence-corrected chi connectivity index (χ1v) is 15.6. The third kappa shape index (κ3) is 6.62. The molecule has 218 valence electrons. The van der Waals surface area contributed by atoms with E-state index in [0.717, 1.165) is 42.9 Å². The number of aliphatic hydroxyl groups is 1. The maximum Gasteiger partial charge on any atom is 0.241 e. The second kappa shape index (κ2) is 11.9. The van der Waals surface area contributed by atoms with Crippen molar-refractivity contribution in [3.63, 3.8) is 0 Å². The third-order valence-corrected chi connectivity index (χ3v) is 9.38. The van der Waals surface area contributed by atoms with Crippen LogP contribution in [0.25, 0.3) is 0 Å². The van der Waals surface area contributed by atoms with Crippen molar-refractivity contribution in [1.29, 1.82) is 0 Å². The molecular weight excluding hydrogens is 540 g/mol. The molecule has 0 bridgehead atoms. The molecule has 1 saturated heterocycles. The highest BCUT2D eigenvalue weighted by Crippen LogP contribution is 2.41. The average molecular weight is 579 g/mol. The number of nitrogens with zero attached hydrogens (tertiary/aromatic N) is 3. The highest BCUT2D eigenvalue weighted by Gasteiger charge is 2.44. The van der Waals surface area contributed by atoms with Gasteiger partial charge in [-0.25, -0.2) is 13.1 Å². The van der Waals surface area contributed by atoms with Gasteiger partial charge in [0.05, 0.1) is 23.1 Å². The first kappa shape index (κ1) is 29.2. The molecule has 10 heteroatoms. The summed E-state index contributed by atoms with van der Waals surface area (Å²) in [5.74, 6) is 0.488. The molecule has 1 aromatic heterocycles.